The number of hydrogen-bond donors (Lipinski definition) is 1. The van der Waals surface area contributed by atoms with Gasteiger partial charge in [0.2, 0.25) is 0 Å². The zero-order valence-electron chi connectivity index (χ0n) is 6.20. The standard InChI is InChI=1S/C7H6ClF2N.ClH/c1-11-7-3-6(10)5(9)2-4(7)8;/h2-3,11H,1H3;1H. The topological polar surface area (TPSA) is 12.0 Å². The van der Waals surface area contributed by atoms with Crippen LogP contribution < -0.4 is 5.32 Å². The van der Waals surface area contributed by atoms with Crippen LogP contribution in [0.25, 0.3) is 0 Å². The zero-order chi connectivity index (χ0) is 8.43. The molecular formula is C7H7Cl2F2N. The molecule has 0 heterocycles. The van der Waals surface area contributed by atoms with Crippen molar-refractivity contribution < 1.29 is 8.78 Å². The maximum atomic E-state index is 12.5. The molecule has 0 amide bonds. The van der Waals surface area contributed by atoms with Crippen molar-refractivity contribution in [2.45, 2.75) is 0 Å². The van der Waals surface area contributed by atoms with Crippen LogP contribution in [-0.2, 0) is 0 Å². The molecule has 0 aliphatic carbocycles. The van der Waals surface area contributed by atoms with Crippen LogP contribution in [0.15, 0.2) is 12.1 Å². The zero-order valence-corrected chi connectivity index (χ0v) is 7.77. The molecule has 0 unspecified atom stereocenters. The van der Waals surface area contributed by atoms with Crippen molar-refractivity contribution in [3.8, 4) is 0 Å². The summed E-state index contributed by atoms with van der Waals surface area (Å²) in [4.78, 5) is 0. The monoisotopic (exact) mass is 213 g/mol. The van der Waals surface area contributed by atoms with Crippen molar-refractivity contribution in [1.29, 1.82) is 0 Å². The van der Waals surface area contributed by atoms with Crippen molar-refractivity contribution in [1.82, 2.24) is 0 Å². The summed E-state index contributed by atoms with van der Waals surface area (Å²) in [6.45, 7) is 0. The Hall–Kier alpha value is -0.540. The molecule has 1 aromatic carbocycles. The molecule has 0 spiro atoms. The summed E-state index contributed by atoms with van der Waals surface area (Å²) in [6, 6.07) is 1.94. The molecule has 68 valence electrons. The molecular weight excluding hydrogens is 207 g/mol. The van der Waals surface area contributed by atoms with Gasteiger partial charge in [0.25, 0.3) is 0 Å². The Bertz CT molecular complexity index is 278. The third-order valence-electron chi connectivity index (χ3n) is 1.28. The minimum atomic E-state index is -0.936. The molecule has 0 aromatic heterocycles. The molecule has 5 heteroatoms. The third-order valence-corrected chi connectivity index (χ3v) is 1.59. The van der Waals surface area contributed by atoms with Gasteiger partial charge >= 0.3 is 0 Å². The number of nitrogens with one attached hydrogen (secondary N) is 1. The lowest BCUT2D eigenvalue weighted by Crippen LogP contribution is -1.92. The lowest BCUT2D eigenvalue weighted by atomic mass is 10.3. The summed E-state index contributed by atoms with van der Waals surface area (Å²) < 4.78 is 24.9. The highest BCUT2D eigenvalue weighted by Gasteiger charge is 2.05. The molecule has 0 radical (unpaired) electrons. The van der Waals surface area contributed by atoms with Crippen LogP contribution in [0.5, 0.6) is 0 Å². The highest BCUT2D eigenvalue weighted by atomic mass is 35.5. The second-order valence-corrected chi connectivity index (χ2v) is 2.40. The van der Waals surface area contributed by atoms with Crippen LogP contribution in [0.2, 0.25) is 5.02 Å². The summed E-state index contributed by atoms with van der Waals surface area (Å²) in [6.07, 6.45) is 0. The van der Waals surface area contributed by atoms with E-state index in [1.165, 1.54) is 0 Å². The van der Waals surface area contributed by atoms with Crippen molar-refractivity contribution in [2.75, 3.05) is 12.4 Å². The maximum absolute atomic E-state index is 12.5. The fraction of sp³-hybridized carbons (Fsp3) is 0.143. The first-order chi connectivity index (χ1) is 5.15. The predicted molar refractivity (Wildman–Crippen MR) is 48.2 cm³/mol. The first-order valence-corrected chi connectivity index (χ1v) is 3.35. The van der Waals surface area contributed by atoms with E-state index in [0.29, 0.717) is 5.69 Å². The predicted octanol–water partition coefficient (Wildman–Crippen LogP) is 3.08. The van der Waals surface area contributed by atoms with Crippen LogP contribution >= 0.6 is 24.0 Å². The second kappa shape index (κ2) is 4.48. The first-order valence-electron chi connectivity index (χ1n) is 2.97. The molecule has 0 aliphatic heterocycles. The second-order valence-electron chi connectivity index (χ2n) is 2.00. The van der Waals surface area contributed by atoms with Crippen LogP contribution in [0.3, 0.4) is 0 Å². The van der Waals surface area contributed by atoms with E-state index in [4.69, 9.17) is 11.6 Å². The van der Waals surface area contributed by atoms with Gasteiger partial charge in [0.15, 0.2) is 11.6 Å². The van der Waals surface area contributed by atoms with Crippen LogP contribution in [0.4, 0.5) is 14.5 Å². The number of halogens is 4. The van der Waals surface area contributed by atoms with Crippen molar-refractivity contribution in [3.05, 3.63) is 28.8 Å². The lowest BCUT2D eigenvalue weighted by molar-refractivity contribution is 0.509. The Morgan fingerprint density at radius 1 is 1.25 bits per heavy atom. The van der Waals surface area contributed by atoms with Crippen molar-refractivity contribution in [3.63, 3.8) is 0 Å². The molecule has 0 atom stereocenters. The van der Waals surface area contributed by atoms with E-state index >= 15 is 0 Å². The lowest BCUT2D eigenvalue weighted by Gasteiger charge is -2.02. The average molecular weight is 214 g/mol. The molecule has 0 aliphatic rings. The van der Waals surface area contributed by atoms with Gasteiger partial charge < -0.3 is 5.32 Å². The average Bonchev–Trinajstić information content (AvgIpc) is 1.97. The Labute approximate surface area is 80.1 Å². The van der Waals surface area contributed by atoms with E-state index in [0.717, 1.165) is 12.1 Å². The number of anilines is 1. The molecule has 1 rings (SSSR count). The smallest absolute Gasteiger partial charge is 0.160 e. The Morgan fingerprint density at radius 3 is 2.25 bits per heavy atom. The van der Waals surface area contributed by atoms with Gasteiger partial charge in [-0.05, 0) is 6.07 Å². The van der Waals surface area contributed by atoms with E-state index in [2.05, 4.69) is 5.32 Å². The molecule has 12 heavy (non-hydrogen) atoms. The summed E-state index contributed by atoms with van der Waals surface area (Å²) in [5.41, 5.74) is 0.380. The highest BCUT2D eigenvalue weighted by Crippen LogP contribution is 2.23. The summed E-state index contributed by atoms with van der Waals surface area (Å²) in [7, 11) is 1.58. The number of benzene rings is 1. The first kappa shape index (κ1) is 11.5. The minimum absolute atomic E-state index is 0. The van der Waals surface area contributed by atoms with Crippen LogP contribution in [0.1, 0.15) is 0 Å². The van der Waals surface area contributed by atoms with E-state index < -0.39 is 11.6 Å². The largest absolute Gasteiger partial charge is 0.387 e. The van der Waals surface area contributed by atoms with Gasteiger partial charge in [-0.1, -0.05) is 11.6 Å². The van der Waals surface area contributed by atoms with Gasteiger partial charge in [-0.3, -0.25) is 0 Å². The minimum Gasteiger partial charge on any atom is -0.387 e. The van der Waals surface area contributed by atoms with E-state index in [-0.39, 0.29) is 17.4 Å². The maximum Gasteiger partial charge on any atom is 0.160 e. The fourth-order valence-electron chi connectivity index (χ4n) is 0.714. The molecule has 0 saturated carbocycles. The molecule has 0 fully saturated rings. The van der Waals surface area contributed by atoms with Gasteiger partial charge in [0.1, 0.15) is 0 Å². The summed E-state index contributed by atoms with van der Waals surface area (Å²) in [5, 5.41) is 2.80. The highest BCUT2D eigenvalue weighted by molar-refractivity contribution is 6.33. The quantitative estimate of drug-likeness (QED) is 0.708. The van der Waals surface area contributed by atoms with E-state index in [9.17, 15) is 8.78 Å². The van der Waals surface area contributed by atoms with Gasteiger partial charge in [-0.15, -0.1) is 12.4 Å². The Morgan fingerprint density at radius 2 is 1.75 bits per heavy atom. The third kappa shape index (κ3) is 2.22. The normalized spacial score (nSPS) is 9.00. The summed E-state index contributed by atoms with van der Waals surface area (Å²) >= 11 is 5.53. The fourth-order valence-corrected chi connectivity index (χ4v) is 0.959. The van der Waals surface area contributed by atoms with Crippen LogP contribution in [0, 0.1) is 11.6 Å². The summed E-state index contributed by atoms with van der Waals surface area (Å²) in [5.74, 6) is -1.84. The van der Waals surface area contributed by atoms with Gasteiger partial charge in [-0.2, -0.15) is 0 Å². The molecule has 0 saturated heterocycles. The van der Waals surface area contributed by atoms with Gasteiger partial charge in [-0.25, -0.2) is 8.78 Å². The van der Waals surface area contributed by atoms with Crippen molar-refractivity contribution >= 4 is 29.7 Å². The van der Waals surface area contributed by atoms with Crippen LogP contribution in [-0.4, -0.2) is 7.05 Å². The molecule has 1 N–H and O–H groups in total. The Balaban J connectivity index is 0.00000121. The molecule has 1 nitrogen and oxygen atoms in total. The van der Waals surface area contributed by atoms with E-state index in [1.54, 1.807) is 7.05 Å². The van der Waals surface area contributed by atoms with Gasteiger partial charge in [0.05, 0.1) is 10.7 Å². The molecule has 0 bridgehead atoms. The SMILES string of the molecule is CNc1cc(F)c(F)cc1Cl.Cl. The van der Waals surface area contributed by atoms with Gasteiger partial charge in [0, 0.05) is 13.1 Å². The molecule has 1 aromatic rings. The van der Waals surface area contributed by atoms with Crippen molar-refractivity contribution in [2.24, 2.45) is 0 Å². The number of hydrogen-bond acceptors (Lipinski definition) is 1. The van der Waals surface area contributed by atoms with E-state index in [1.807, 2.05) is 0 Å². The Kier molecular flexibility index (Phi) is 4.28. The number of rotatable bonds is 1.